The van der Waals surface area contributed by atoms with Gasteiger partial charge in [-0.05, 0) is 38.4 Å². The number of benzene rings is 1. The first kappa shape index (κ1) is 16.9. The number of hydrogen-bond donors (Lipinski definition) is 1. The summed E-state index contributed by atoms with van der Waals surface area (Å²) >= 11 is 0. The van der Waals surface area contributed by atoms with Crippen molar-refractivity contribution in [2.45, 2.75) is 32.4 Å². The van der Waals surface area contributed by atoms with E-state index >= 15 is 0 Å². The highest BCUT2D eigenvalue weighted by atomic mass is 16.3. The minimum atomic E-state index is -0.198. The zero-order valence-electron chi connectivity index (χ0n) is 14.5. The van der Waals surface area contributed by atoms with Crippen molar-refractivity contribution in [1.82, 2.24) is 14.7 Å². The highest BCUT2D eigenvalue weighted by Crippen LogP contribution is 2.12. The quantitative estimate of drug-likeness (QED) is 0.863. The molecular weight excluding hydrogens is 286 g/mol. The topological polar surface area (TPSA) is 30.0 Å². The summed E-state index contributed by atoms with van der Waals surface area (Å²) in [6.45, 7) is 11.6. The second kappa shape index (κ2) is 8.25. The third-order valence-corrected chi connectivity index (χ3v) is 5.09. The summed E-state index contributed by atoms with van der Waals surface area (Å²) in [5, 5.41) is 10.3. The first-order valence-corrected chi connectivity index (χ1v) is 9.10. The summed E-state index contributed by atoms with van der Waals surface area (Å²) in [5.41, 5.74) is 2.75. The highest BCUT2D eigenvalue weighted by molar-refractivity contribution is 5.22. The van der Waals surface area contributed by atoms with E-state index in [-0.39, 0.29) is 6.10 Å². The van der Waals surface area contributed by atoms with Gasteiger partial charge in [0.25, 0.3) is 0 Å². The SMILES string of the molecule is Cc1cccc(CN2CCN(CC(O)CN3CCCC3)CC2)c1. The maximum atomic E-state index is 10.3. The molecule has 1 aromatic rings. The number of aryl methyl sites for hydroxylation is 1. The smallest absolute Gasteiger partial charge is 0.0793 e. The van der Waals surface area contributed by atoms with Crippen LogP contribution < -0.4 is 0 Å². The Morgan fingerprint density at radius 3 is 2.17 bits per heavy atom. The Hall–Kier alpha value is -0.940. The van der Waals surface area contributed by atoms with Crippen LogP contribution in [0.25, 0.3) is 0 Å². The van der Waals surface area contributed by atoms with Crippen molar-refractivity contribution in [2.24, 2.45) is 0 Å². The number of piperazine rings is 1. The fourth-order valence-corrected chi connectivity index (χ4v) is 3.82. The van der Waals surface area contributed by atoms with E-state index in [9.17, 15) is 5.11 Å². The molecule has 1 N–H and O–H groups in total. The van der Waals surface area contributed by atoms with Crippen molar-refractivity contribution < 1.29 is 5.11 Å². The van der Waals surface area contributed by atoms with Gasteiger partial charge in [0, 0.05) is 45.8 Å². The van der Waals surface area contributed by atoms with Gasteiger partial charge in [-0.3, -0.25) is 9.80 Å². The van der Waals surface area contributed by atoms with Gasteiger partial charge in [0.1, 0.15) is 0 Å². The van der Waals surface area contributed by atoms with Gasteiger partial charge < -0.3 is 10.0 Å². The number of β-amino-alcohol motifs (C(OH)–C–C–N with tert-alkyl or cyclic N) is 1. The maximum Gasteiger partial charge on any atom is 0.0793 e. The van der Waals surface area contributed by atoms with Gasteiger partial charge >= 0.3 is 0 Å². The molecular formula is C19H31N3O. The van der Waals surface area contributed by atoms with E-state index in [1.165, 1.54) is 37.1 Å². The normalized spacial score (nSPS) is 22.5. The number of rotatable bonds is 6. The molecule has 23 heavy (non-hydrogen) atoms. The number of likely N-dealkylation sites (tertiary alicyclic amines) is 1. The average Bonchev–Trinajstić information content (AvgIpc) is 3.02. The van der Waals surface area contributed by atoms with Crippen LogP contribution in [0.3, 0.4) is 0 Å². The zero-order chi connectivity index (χ0) is 16.1. The molecule has 0 radical (unpaired) electrons. The third kappa shape index (κ3) is 5.28. The molecule has 128 valence electrons. The minimum absolute atomic E-state index is 0.198. The zero-order valence-corrected chi connectivity index (χ0v) is 14.5. The van der Waals surface area contributed by atoms with Crippen LogP contribution in [0.5, 0.6) is 0 Å². The first-order chi connectivity index (χ1) is 11.2. The van der Waals surface area contributed by atoms with Gasteiger partial charge in [0.05, 0.1) is 6.10 Å². The number of hydrogen-bond acceptors (Lipinski definition) is 4. The fourth-order valence-electron chi connectivity index (χ4n) is 3.82. The van der Waals surface area contributed by atoms with Crippen LogP contribution in [0.4, 0.5) is 0 Å². The van der Waals surface area contributed by atoms with Crippen LogP contribution in [0.1, 0.15) is 24.0 Å². The van der Waals surface area contributed by atoms with Crippen LogP contribution >= 0.6 is 0 Å². The van der Waals surface area contributed by atoms with E-state index in [4.69, 9.17) is 0 Å². The predicted molar refractivity (Wildman–Crippen MR) is 94.6 cm³/mol. The Labute approximate surface area is 140 Å². The summed E-state index contributed by atoms with van der Waals surface area (Å²) in [6, 6.07) is 8.81. The Bertz CT molecular complexity index is 479. The minimum Gasteiger partial charge on any atom is -0.390 e. The molecule has 2 aliphatic heterocycles. The van der Waals surface area contributed by atoms with Gasteiger partial charge in [-0.15, -0.1) is 0 Å². The monoisotopic (exact) mass is 317 g/mol. The van der Waals surface area contributed by atoms with Crippen LogP contribution in [-0.4, -0.2) is 78.3 Å². The Morgan fingerprint density at radius 2 is 1.52 bits per heavy atom. The van der Waals surface area contributed by atoms with E-state index in [0.717, 1.165) is 45.8 Å². The molecule has 0 amide bonds. The van der Waals surface area contributed by atoms with Crippen molar-refractivity contribution in [3.63, 3.8) is 0 Å². The molecule has 3 rings (SSSR count). The highest BCUT2D eigenvalue weighted by Gasteiger charge is 2.21. The van der Waals surface area contributed by atoms with Gasteiger partial charge in [-0.2, -0.15) is 0 Å². The lowest BCUT2D eigenvalue weighted by Gasteiger charge is -2.36. The fraction of sp³-hybridized carbons (Fsp3) is 0.684. The molecule has 1 atom stereocenters. The molecule has 0 bridgehead atoms. The summed E-state index contributed by atoms with van der Waals surface area (Å²) in [6.07, 6.45) is 2.39. The van der Waals surface area contributed by atoms with Gasteiger partial charge in [-0.25, -0.2) is 0 Å². The Morgan fingerprint density at radius 1 is 0.913 bits per heavy atom. The standard InChI is InChI=1S/C19H31N3O/c1-17-5-4-6-18(13-17)14-21-9-11-22(12-10-21)16-19(23)15-20-7-2-3-8-20/h4-6,13,19,23H,2-3,7-12,14-16H2,1H3. The van der Waals surface area contributed by atoms with E-state index < -0.39 is 0 Å². The molecule has 0 aliphatic carbocycles. The summed E-state index contributed by atoms with van der Waals surface area (Å²) in [4.78, 5) is 7.35. The molecule has 0 spiro atoms. The van der Waals surface area contributed by atoms with E-state index in [1.54, 1.807) is 0 Å². The van der Waals surface area contributed by atoms with Gasteiger partial charge in [-0.1, -0.05) is 29.8 Å². The molecule has 2 heterocycles. The van der Waals surface area contributed by atoms with E-state index in [1.807, 2.05) is 0 Å². The lowest BCUT2D eigenvalue weighted by atomic mass is 10.1. The van der Waals surface area contributed by atoms with Crippen molar-refractivity contribution in [2.75, 3.05) is 52.4 Å². The lowest BCUT2D eigenvalue weighted by molar-refractivity contribution is 0.0534. The molecule has 2 aliphatic rings. The van der Waals surface area contributed by atoms with Crippen LogP contribution in [-0.2, 0) is 6.54 Å². The van der Waals surface area contributed by atoms with Crippen molar-refractivity contribution in [3.8, 4) is 0 Å². The number of aliphatic hydroxyl groups excluding tert-OH is 1. The van der Waals surface area contributed by atoms with Gasteiger partial charge in [0.2, 0.25) is 0 Å². The van der Waals surface area contributed by atoms with E-state index in [2.05, 4.69) is 45.9 Å². The molecule has 4 heteroatoms. The molecule has 4 nitrogen and oxygen atoms in total. The summed E-state index contributed by atoms with van der Waals surface area (Å²) < 4.78 is 0. The second-order valence-corrected chi connectivity index (χ2v) is 7.23. The first-order valence-electron chi connectivity index (χ1n) is 9.10. The number of aliphatic hydroxyl groups is 1. The Kier molecular flexibility index (Phi) is 6.06. The Balaban J connectivity index is 1.38. The molecule has 2 saturated heterocycles. The predicted octanol–water partition coefficient (Wildman–Crippen LogP) is 1.57. The summed E-state index contributed by atoms with van der Waals surface area (Å²) in [5.74, 6) is 0. The number of nitrogens with zero attached hydrogens (tertiary/aromatic N) is 3. The van der Waals surface area contributed by atoms with Crippen LogP contribution in [0.15, 0.2) is 24.3 Å². The average molecular weight is 317 g/mol. The van der Waals surface area contributed by atoms with Crippen molar-refractivity contribution in [3.05, 3.63) is 35.4 Å². The van der Waals surface area contributed by atoms with Crippen LogP contribution in [0, 0.1) is 6.92 Å². The lowest BCUT2D eigenvalue weighted by Crippen LogP contribution is -2.49. The molecule has 2 fully saturated rings. The maximum absolute atomic E-state index is 10.3. The largest absolute Gasteiger partial charge is 0.390 e. The molecule has 1 aromatic carbocycles. The van der Waals surface area contributed by atoms with Crippen molar-refractivity contribution in [1.29, 1.82) is 0 Å². The third-order valence-electron chi connectivity index (χ3n) is 5.09. The van der Waals surface area contributed by atoms with Gasteiger partial charge in [0.15, 0.2) is 0 Å². The molecule has 1 unspecified atom stereocenters. The van der Waals surface area contributed by atoms with Crippen LogP contribution in [0.2, 0.25) is 0 Å². The van der Waals surface area contributed by atoms with Crippen molar-refractivity contribution >= 4 is 0 Å². The summed E-state index contributed by atoms with van der Waals surface area (Å²) in [7, 11) is 0. The second-order valence-electron chi connectivity index (χ2n) is 7.23. The molecule has 0 aromatic heterocycles. The molecule has 0 saturated carbocycles. The van der Waals surface area contributed by atoms with E-state index in [0.29, 0.717) is 0 Å².